The third kappa shape index (κ3) is 3.85. The second kappa shape index (κ2) is 6.56. The second-order valence-electron chi connectivity index (χ2n) is 5.05. The smallest absolute Gasteiger partial charge is 0.142 e. The highest BCUT2D eigenvalue weighted by Gasteiger charge is 2.14. The van der Waals surface area contributed by atoms with E-state index < -0.39 is 0 Å². The predicted molar refractivity (Wildman–Crippen MR) is 75.4 cm³/mol. The largest absolute Gasteiger partial charge is 0.370 e. The number of hydrazine groups is 1. The summed E-state index contributed by atoms with van der Waals surface area (Å²) in [6.07, 6.45) is 2.71. The Morgan fingerprint density at radius 1 is 1.33 bits per heavy atom. The molecule has 0 aromatic carbocycles. The maximum Gasteiger partial charge on any atom is 0.142 e. The van der Waals surface area contributed by atoms with Crippen molar-refractivity contribution in [2.45, 2.75) is 19.8 Å². The minimum absolute atomic E-state index is 0.624. The lowest BCUT2D eigenvalue weighted by molar-refractivity contribution is 0.294. The van der Waals surface area contributed by atoms with Crippen molar-refractivity contribution in [1.29, 1.82) is 0 Å². The third-order valence-corrected chi connectivity index (χ3v) is 3.30. The fraction of sp³-hybridized carbons (Fsp3) is 0.615. The summed E-state index contributed by atoms with van der Waals surface area (Å²) >= 11 is 0. The molecular formula is C13H23N5. The van der Waals surface area contributed by atoms with Crippen molar-refractivity contribution in [1.82, 2.24) is 9.88 Å². The van der Waals surface area contributed by atoms with E-state index in [4.69, 9.17) is 5.84 Å². The van der Waals surface area contributed by atoms with Gasteiger partial charge in [-0.2, -0.15) is 0 Å². The molecule has 100 valence electrons. The molecule has 2 rings (SSSR count). The monoisotopic (exact) mass is 249 g/mol. The summed E-state index contributed by atoms with van der Waals surface area (Å²) in [7, 11) is 0. The first-order valence-electron chi connectivity index (χ1n) is 6.68. The van der Waals surface area contributed by atoms with Crippen LogP contribution in [-0.4, -0.2) is 36.1 Å². The summed E-state index contributed by atoms with van der Waals surface area (Å²) in [6.45, 7) is 6.90. The third-order valence-electron chi connectivity index (χ3n) is 3.30. The van der Waals surface area contributed by atoms with Gasteiger partial charge in [0.2, 0.25) is 0 Å². The Kier molecular flexibility index (Phi) is 4.78. The molecule has 1 unspecified atom stereocenters. The van der Waals surface area contributed by atoms with Gasteiger partial charge in [-0.25, -0.2) is 10.8 Å². The van der Waals surface area contributed by atoms with Crippen molar-refractivity contribution in [3.05, 3.63) is 18.2 Å². The number of hydrogen-bond donors (Lipinski definition) is 3. The lowest BCUT2D eigenvalue weighted by atomic mass is 10.1. The SMILES string of the molecule is CC(CNc1cccc(NN)n1)CN1CCCC1. The molecule has 1 atom stereocenters. The number of anilines is 2. The summed E-state index contributed by atoms with van der Waals surface area (Å²) in [5.41, 5.74) is 2.55. The van der Waals surface area contributed by atoms with Crippen LogP contribution in [0.15, 0.2) is 18.2 Å². The van der Waals surface area contributed by atoms with E-state index in [1.807, 2.05) is 18.2 Å². The Labute approximate surface area is 109 Å². The minimum Gasteiger partial charge on any atom is -0.370 e. The van der Waals surface area contributed by atoms with Crippen molar-refractivity contribution in [2.24, 2.45) is 11.8 Å². The number of rotatable bonds is 6. The molecule has 1 saturated heterocycles. The fourth-order valence-electron chi connectivity index (χ4n) is 2.36. The highest BCUT2D eigenvalue weighted by Crippen LogP contribution is 2.12. The zero-order chi connectivity index (χ0) is 12.8. The van der Waals surface area contributed by atoms with Crippen molar-refractivity contribution >= 4 is 11.6 Å². The van der Waals surface area contributed by atoms with Crippen LogP contribution in [0.2, 0.25) is 0 Å². The van der Waals surface area contributed by atoms with E-state index in [9.17, 15) is 0 Å². The maximum absolute atomic E-state index is 5.34. The van der Waals surface area contributed by atoms with Gasteiger partial charge in [-0.15, -0.1) is 0 Å². The average molecular weight is 249 g/mol. The average Bonchev–Trinajstić information content (AvgIpc) is 2.89. The second-order valence-corrected chi connectivity index (χ2v) is 5.05. The van der Waals surface area contributed by atoms with Crippen LogP contribution in [0, 0.1) is 5.92 Å². The van der Waals surface area contributed by atoms with E-state index >= 15 is 0 Å². The molecule has 2 heterocycles. The van der Waals surface area contributed by atoms with Crippen LogP contribution in [0.4, 0.5) is 11.6 Å². The predicted octanol–water partition coefficient (Wildman–Crippen LogP) is 1.51. The zero-order valence-corrected chi connectivity index (χ0v) is 11.0. The minimum atomic E-state index is 0.624. The first-order valence-corrected chi connectivity index (χ1v) is 6.68. The van der Waals surface area contributed by atoms with E-state index in [1.54, 1.807) is 0 Å². The molecule has 5 heteroatoms. The summed E-state index contributed by atoms with van der Waals surface area (Å²) in [5.74, 6) is 7.52. The highest BCUT2D eigenvalue weighted by atomic mass is 15.3. The molecule has 4 N–H and O–H groups in total. The van der Waals surface area contributed by atoms with Gasteiger partial charge >= 0.3 is 0 Å². The molecule has 1 aromatic heterocycles. The summed E-state index contributed by atoms with van der Waals surface area (Å²) in [6, 6.07) is 5.75. The van der Waals surface area contributed by atoms with Crippen molar-refractivity contribution in [2.75, 3.05) is 36.9 Å². The summed E-state index contributed by atoms with van der Waals surface area (Å²) in [5, 5.41) is 3.36. The van der Waals surface area contributed by atoms with E-state index in [-0.39, 0.29) is 0 Å². The van der Waals surface area contributed by atoms with E-state index in [0.717, 1.165) is 12.4 Å². The fourth-order valence-corrected chi connectivity index (χ4v) is 2.36. The molecule has 1 aliphatic heterocycles. The lowest BCUT2D eigenvalue weighted by Gasteiger charge is -2.20. The van der Waals surface area contributed by atoms with Gasteiger partial charge in [0.25, 0.3) is 0 Å². The molecule has 1 aliphatic rings. The number of nitrogen functional groups attached to an aromatic ring is 1. The van der Waals surface area contributed by atoms with Crippen LogP contribution in [0.5, 0.6) is 0 Å². The molecule has 1 aromatic rings. The topological polar surface area (TPSA) is 66.2 Å². The van der Waals surface area contributed by atoms with Crippen LogP contribution in [0.3, 0.4) is 0 Å². The van der Waals surface area contributed by atoms with Gasteiger partial charge in [0, 0.05) is 13.1 Å². The Balaban J connectivity index is 1.75. The maximum atomic E-state index is 5.34. The number of aromatic nitrogens is 1. The quantitative estimate of drug-likeness (QED) is 0.527. The number of hydrogen-bond acceptors (Lipinski definition) is 5. The van der Waals surface area contributed by atoms with E-state index in [2.05, 4.69) is 27.6 Å². The molecule has 18 heavy (non-hydrogen) atoms. The van der Waals surface area contributed by atoms with E-state index in [0.29, 0.717) is 11.7 Å². The van der Waals surface area contributed by atoms with Crippen molar-refractivity contribution in [3.63, 3.8) is 0 Å². The van der Waals surface area contributed by atoms with Crippen molar-refractivity contribution < 1.29 is 0 Å². The molecule has 1 fully saturated rings. The number of nitrogens with zero attached hydrogens (tertiary/aromatic N) is 2. The first kappa shape index (κ1) is 13.1. The molecule has 0 radical (unpaired) electrons. The molecule has 0 bridgehead atoms. The van der Waals surface area contributed by atoms with Crippen LogP contribution in [-0.2, 0) is 0 Å². The van der Waals surface area contributed by atoms with Gasteiger partial charge in [-0.05, 0) is 44.0 Å². The van der Waals surface area contributed by atoms with Gasteiger partial charge in [0.1, 0.15) is 11.6 Å². The van der Waals surface area contributed by atoms with Crippen LogP contribution >= 0.6 is 0 Å². The molecule has 0 spiro atoms. The molecule has 0 saturated carbocycles. The standard InChI is InChI=1S/C13H23N5/c1-11(10-18-7-2-3-8-18)9-15-12-5-4-6-13(16-12)17-14/h4-6,11H,2-3,7-10,14H2,1H3,(H2,15,16,17). The number of pyridine rings is 1. The Morgan fingerprint density at radius 3 is 2.78 bits per heavy atom. The Hall–Kier alpha value is -1.33. The van der Waals surface area contributed by atoms with Gasteiger partial charge in [0.05, 0.1) is 0 Å². The van der Waals surface area contributed by atoms with Crippen molar-refractivity contribution in [3.8, 4) is 0 Å². The number of nitrogens with two attached hydrogens (primary N) is 1. The summed E-state index contributed by atoms with van der Waals surface area (Å²) in [4.78, 5) is 6.87. The summed E-state index contributed by atoms with van der Waals surface area (Å²) < 4.78 is 0. The first-order chi connectivity index (χ1) is 8.78. The molecule has 5 nitrogen and oxygen atoms in total. The van der Waals surface area contributed by atoms with E-state index in [1.165, 1.54) is 32.5 Å². The van der Waals surface area contributed by atoms with Gasteiger partial charge in [-0.3, -0.25) is 0 Å². The van der Waals surface area contributed by atoms with Crippen LogP contribution in [0.1, 0.15) is 19.8 Å². The normalized spacial score (nSPS) is 17.7. The zero-order valence-electron chi connectivity index (χ0n) is 11.0. The molecule has 0 amide bonds. The van der Waals surface area contributed by atoms with Gasteiger partial charge in [-0.1, -0.05) is 13.0 Å². The van der Waals surface area contributed by atoms with Gasteiger partial charge in [0.15, 0.2) is 0 Å². The highest BCUT2D eigenvalue weighted by molar-refractivity contribution is 5.44. The Morgan fingerprint density at radius 2 is 2.06 bits per heavy atom. The van der Waals surface area contributed by atoms with Crippen LogP contribution in [0.25, 0.3) is 0 Å². The van der Waals surface area contributed by atoms with Crippen LogP contribution < -0.4 is 16.6 Å². The molecular weight excluding hydrogens is 226 g/mol. The molecule has 0 aliphatic carbocycles. The number of likely N-dealkylation sites (tertiary alicyclic amines) is 1. The lowest BCUT2D eigenvalue weighted by Crippen LogP contribution is -2.29. The van der Waals surface area contributed by atoms with Gasteiger partial charge < -0.3 is 15.6 Å². The Bertz CT molecular complexity index is 362. The number of nitrogens with one attached hydrogen (secondary N) is 2.